The molecule has 1 atom stereocenters. The molecule has 2 heterocycles. The zero-order valence-corrected chi connectivity index (χ0v) is 30.2. The third kappa shape index (κ3) is 12.4. The average molecular weight is 825 g/mol. The Morgan fingerprint density at radius 1 is 1.07 bits per heavy atom. The van der Waals surface area contributed by atoms with Gasteiger partial charge in [0.05, 0.1) is 18.1 Å². The molecule has 4 aromatic rings. The Balaban J connectivity index is 0.000000310. The van der Waals surface area contributed by atoms with Crippen molar-refractivity contribution >= 4 is 17.9 Å². The van der Waals surface area contributed by atoms with Crippen LogP contribution in [-0.4, -0.2) is 24.0 Å². The molecule has 43 heavy (non-hydrogen) atoms. The first-order valence-corrected chi connectivity index (χ1v) is 14.4. The fourth-order valence-electron chi connectivity index (χ4n) is 4.00. The van der Waals surface area contributed by atoms with Gasteiger partial charge in [-0.05, 0) is 56.9 Å². The zero-order chi connectivity index (χ0) is 30.5. The topological polar surface area (TPSA) is 48.4 Å². The van der Waals surface area contributed by atoms with Gasteiger partial charge in [0, 0.05) is 59.9 Å². The van der Waals surface area contributed by atoms with Crippen molar-refractivity contribution in [2.75, 3.05) is 6.61 Å². The summed E-state index contributed by atoms with van der Waals surface area (Å²) < 4.78 is 24.6. The number of allylic oxidation sites excluding steroid dienone is 1. The summed E-state index contributed by atoms with van der Waals surface area (Å²) in [4.78, 5) is 14.7. The van der Waals surface area contributed by atoms with Crippen molar-refractivity contribution < 1.29 is 49.8 Å². The number of hydrogen-bond acceptors (Lipinski definition) is 4. The summed E-state index contributed by atoms with van der Waals surface area (Å²) in [7, 11) is 0. The van der Waals surface area contributed by atoms with E-state index < -0.39 is 0 Å². The van der Waals surface area contributed by atoms with Crippen LogP contribution >= 0.6 is 11.6 Å². The number of carbonyl (C=O) groups excluding carboxylic acids is 1. The second-order valence-corrected chi connectivity index (χ2v) is 10.7. The maximum absolute atomic E-state index is 13.8. The second-order valence-electron chi connectivity index (χ2n) is 10.3. The Morgan fingerprint density at radius 3 is 2.33 bits per heavy atom. The maximum Gasteiger partial charge on any atom is 0.214 e. The molecule has 1 aromatic heterocycles. The van der Waals surface area contributed by atoms with Gasteiger partial charge in [-0.25, -0.2) is 9.37 Å². The van der Waals surface area contributed by atoms with Crippen LogP contribution in [-0.2, 0) is 22.6 Å². The monoisotopic (exact) mass is 824 g/mol. The van der Waals surface area contributed by atoms with Gasteiger partial charge in [-0.15, -0.1) is 11.6 Å². The second kappa shape index (κ2) is 18.8. The van der Waals surface area contributed by atoms with Gasteiger partial charge in [-0.2, -0.15) is 17.7 Å². The predicted octanol–water partition coefficient (Wildman–Crippen LogP) is 9.19. The molecule has 0 radical (unpaired) electrons. The van der Waals surface area contributed by atoms with Crippen molar-refractivity contribution in [3.05, 3.63) is 130 Å². The normalized spacial score (nSPS) is 13.1. The molecule has 1 saturated heterocycles. The Labute approximate surface area is 284 Å². The molecule has 0 saturated carbocycles. The summed E-state index contributed by atoms with van der Waals surface area (Å²) in [6.45, 7) is 13.2. The van der Waals surface area contributed by atoms with Crippen LogP contribution in [0.25, 0.3) is 11.3 Å². The maximum atomic E-state index is 13.8. The van der Waals surface area contributed by atoms with E-state index in [0.29, 0.717) is 28.1 Å². The van der Waals surface area contributed by atoms with E-state index in [-0.39, 0.29) is 43.5 Å². The minimum absolute atomic E-state index is 0. The van der Waals surface area contributed by atoms with Crippen LogP contribution in [0.1, 0.15) is 54.5 Å². The van der Waals surface area contributed by atoms with Crippen molar-refractivity contribution in [3.8, 4) is 17.1 Å². The van der Waals surface area contributed by atoms with E-state index in [9.17, 15) is 9.18 Å². The van der Waals surface area contributed by atoms with E-state index in [0.717, 1.165) is 35.4 Å². The molecule has 5 rings (SSSR count). The van der Waals surface area contributed by atoms with Crippen molar-refractivity contribution in [1.29, 1.82) is 0 Å². The van der Waals surface area contributed by atoms with Gasteiger partial charge in [0.15, 0.2) is 0 Å². The molecule has 1 aliphatic rings. The Hall–Kier alpha value is -2.75. The van der Waals surface area contributed by atoms with Gasteiger partial charge in [0.1, 0.15) is 12.4 Å². The largest absolute Gasteiger partial charge is 0.473 e. The molecule has 1 aliphatic heterocycles. The van der Waals surface area contributed by atoms with E-state index in [4.69, 9.17) is 21.1 Å². The Bertz CT molecular complexity index is 1470. The Morgan fingerprint density at radius 2 is 1.79 bits per heavy atom. The smallest absolute Gasteiger partial charge is 0.214 e. The van der Waals surface area contributed by atoms with Crippen molar-refractivity contribution in [2.45, 2.75) is 59.7 Å². The summed E-state index contributed by atoms with van der Waals surface area (Å²) in [5, 5.41) is 0.362. The molecule has 4 nitrogen and oxygen atoms in total. The number of hydrogen-bond donors (Lipinski definition) is 0. The number of rotatable bonds is 8. The van der Waals surface area contributed by atoms with Gasteiger partial charge in [-0.3, -0.25) is 0 Å². The first kappa shape index (κ1) is 36.4. The van der Waals surface area contributed by atoms with Crippen molar-refractivity contribution in [1.82, 2.24) is 4.98 Å². The third-order valence-electron chi connectivity index (χ3n) is 6.74. The number of benzene rings is 3. The van der Waals surface area contributed by atoms with Crippen molar-refractivity contribution in [2.24, 2.45) is 0 Å². The minimum atomic E-state index is -0.387. The minimum Gasteiger partial charge on any atom is -0.473 e. The van der Waals surface area contributed by atoms with Crippen LogP contribution in [0.15, 0.2) is 91.0 Å². The predicted molar refractivity (Wildman–Crippen MR) is 169 cm³/mol. The molecule has 0 amide bonds. The van der Waals surface area contributed by atoms with Gasteiger partial charge >= 0.3 is 0 Å². The van der Waals surface area contributed by atoms with E-state index in [1.807, 2.05) is 63.5 Å². The first-order valence-electron chi connectivity index (χ1n) is 14.0. The SMILES string of the molecule is C=C(C)Cc1ccc(-c2cccc(OCc3ccc(Cl)cc3F)n2)cc1.CCC1CCO1.Cc1ccc([C-]=O)cc1C.[U]. The molecule has 3 aromatic carbocycles. The fourth-order valence-corrected chi connectivity index (χ4v) is 4.16. The van der Waals surface area contributed by atoms with E-state index in [1.54, 1.807) is 24.3 Å². The van der Waals surface area contributed by atoms with Crippen LogP contribution in [0, 0.1) is 50.8 Å². The number of aryl methyl sites for hydroxylation is 2. The van der Waals surface area contributed by atoms with Gasteiger partial charge < -0.3 is 14.3 Å². The van der Waals surface area contributed by atoms with Crippen LogP contribution in [0.4, 0.5) is 4.39 Å². The number of nitrogens with zero attached hydrogens (tertiary/aromatic N) is 1. The van der Waals surface area contributed by atoms with Crippen LogP contribution in [0.3, 0.4) is 0 Å². The molecule has 0 spiro atoms. The Kier molecular flexibility index (Phi) is 15.9. The summed E-state index contributed by atoms with van der Waals surface area (Å²) >= 11 is 5.76. The molecule has 1 unspecified atom stereocenters. The first-order chi connectivity index (χ1) is 20.2. The summed E-state index contributed by atoms with van der Waals surface area (Å²) in [6, 6.07) is 23.8. The van der Waals surface area contributed by atoms with E-state index in [2.05, 4.69) is 30.6 Å². The summed E-state index contributed by atoms with van der Waals surface area (Å²) in [6.07, 6.45) is 5.81. The third-order valence-corrected chi connectivity index (χ3v) is 6.98. The molecular formula is C36H38ClFNO3U-. The molecular weight excluding hydrogens is 787 g/mol. The number of ether oxygens (including phenoxy) is 2. The van der Waals surface area contributed by atoms with Crippen LogP contribution in [0.5, 0.6) is 5.88 Å². The van der Waals surface area contributed by atoms with E-state index >= 15 is 0 Å². The molecule has 0 N–H and O–H groups in total. The van der Waals surface area contributed by atoms with Gasteiger partial charge in [-0.1, -0.05) is 79.6 Å². The summed E-state index contributed by atoms with van der Waals surface area (Å²) in [5.41, 5.74) is 7.56. The average Bonchev–Trinajstić information content (AvgIpc) is 2.94. The fraction of sp³-hybridized carbons (Fsp3) is 0.278. The molecule has 0 bridgehead atoms. The van der Waals surface area contributed by atoms with Crippen LogP contribution < -0.4 is 4.74 Å². The number of aromatic nitrogens is 1. The molecule has 224 valence electrons. The standard InChI is InChI=1S/C22H19ClFNO.C9H9O.C5H10O.U/c1-15(2)12-16-6-8-17(9-7-16)21-4-3-5-22(25-21)26-14-18-10-11-19(23)13-20(18)24;1-7-3-4-9(6-10)5-8(7)2;1-2-5-3-4-6-5;/h3-11,13H,1,12,14H2,2H3;3-5H,1-2H3;5H,2-4H2,1H3;/q;-1;;. The van der Waals surface area contributed by atoms with Crippen molar-refractivity contribution in [3.63, 3.8) is 0 Å². The number of pyridine rings is 1. The van der Waals surface area contributed by atoms with Gasteiger partial charge in [0.2, 0.25) is 5.88 Å². The van der Waals surface area contributed by atoms with Gasteiger partial charge in [0.25, 0.3) is 0 Å². The summed E-state index contributed by atoms with van der Waals surface area (Å²) in [5.74, 6) is 0.0598. The molecule has 0 aliphatic carbocycles. The zero-order valence-electron chi connectivity index (χ0n) is 25.3. The number of halogens is 2. The molecule has 1 fully saturated rings. The van der Waals surface area contributed by atoms with Crippen LogP contribution in [0.2, 0.25) is 5.02 Å². The molecule has 7 heteroatoms. The quantitative estimate of drug-likeness (QED) is 0.132. The van der Waals surface area contributed by atoms with E-state index in [1.165, 1.54) is 30.0 Å².